The van der Waals surface area contributed by atoms with Crippen molar-refractivity contribution in [3.8, 4) is 0 Å². The van der Waals surface area contributed by atoms with Gasteiger partial charge in [-0.3, -0.25) is 4.68 Å². The first-order valence-corrected chi connectivity index (χ1v) is 8.42. The highest BCUT2D eigenvalue weighted by Gasteiger charge is 2.40. The smallest absolute Gasteiger partial charge is 0.346 e. The molecule has 2 aromatic heterocycles. The summed E-state index contributed by atoms with van der Waals surface area (Å²) in [6, 6.07) is 3.21. The number of aryl methyl sites for hydroxylation is 1. The van der Waals surface area contributed by atoms with Crippen molar-refractivity contribution in [2.75, 3.05) is 4.90 Å². The van der Waals surface area contributed by atoms with Gasteiger partial charge >= 0.3 is 6.18 Å². The van der Waals surface area contributed by atoms with Gasteiger partial charge in [0.1, 0.15) is 5.82 Å². The third kappa shape index (κ3) is 2.80. The molecule has 0 saturated carbocycles. The Morgan fingerprint density at radius 2 is 2.08 bits per heavy atom. The summed E-state index contributed by atoms with van der Waals surface area (Å²) in [6.07, 6.45) is 3.04. The number of fused-ring (bicyclic) bond motifs is 2. The van der Waals surface area contributed by atoms with Gasteiger partial charge in [-0.2, -0.15) is 18.3 Å². The number of alkyl halides is 3. The number of hydrogen-bond acceptors (Lipinski definition) is 3. The van der Waals surface area contributed by atoms with Gasteiger partial charge in [-0.1, -0.05) is 17.7 Å². The highest BCUT2D eigenvalue weighted by Crippen LogP contribution is 2.43. The fourth-order valence-corrected chi connectivity index (χ4v) is 4.08. The predicted octanol–water partition coefficient (Wildman–Crippen LogP) is 4.31. The third-order valence-electron chi connectivity index (χ3n) is 4.94. The standard InChI is InChI=1S/C17H16ClF3N4/c1-24-15(4-5-23-24)10-6-12-2-3-13(7-10)25(12)16-14(18)8-11(9-22-16)17(19,20)21/h4-6,8-9,12-13H,2-3,7H2,1H3. The van der Waals surface area contributed by atoms with Gasteiger partial charge < -0.3 is 4.90 Å². The average Bonchev–Trinajstić information content (AvgIpc) is 3.07. The lowest BCUT2D eigenvalue weighted by Crippen LogP contribution is -2.39. The molecule has 2 bridgehead atoms. The summed E-state index contributed by atoms with van der Waals surface area (Å²) in [5, 5.41) is 4.25. The molecule has 2 aromatic rings. The van der Waals surface area contributed by atoms with Crippen LogP contribution in [-0.2, 0) is 13.2 Å². The van der Waals surface area contributed by atoms with Crippen LogP contribution in [0.2, 0.25) is 5.02 Å². The lowest BCUT2D eigenvalue weighted by molar-refractivity contribution is -0.137. The van der Waals surface area contributed by atoms with E-state index in [1.807, 2.05) is 17.8 Å². The van der Waals surface area contributed by atoms with E-state index in [0.717, 1.165) is 37.2 Å². The van der Waals surface area contributed by atoms with Crippen molar-refractivity contribution >= 4 is 23.0 Å². The largest absolute Gasteiger partial charge is 0.417 e. The molecule has 0 aromatic carbocycles. The molecule has 4 rings (SSSR count). The zero-order valence-electron chi connectivity index (χ0n) is 13.5. The van der Waals surface area contributed by atoms with Crippen LogP contribution in [0.5, 0.6) is 0 Å². The van der Waals surface area contributed by atoms with Crippen LogP contribution in [0.25, 0.3) is 5.57 Å². The first-order chi connectivity index (χ1) is 11.8. The van der Waals surface area contributed by atoms with Crippen molar-refractivity contribution in [1.82, 2.24) is 14.8 Å². The lowest BCUT2D eigenvalue weighted by Gasteiger charge is -2.35. The van der Waals surface area contributed by atoms with Crippen LogP contribution in [0.4, 0.5) is 19.0 Å². The van der Waals surface area contributed by atoms with E-state index in [4.69, 9.17) is 11.6 Å². The van der Waals surface area contributed by atoms with Gasteiger partial charge in [-0.15, -0.1) is 0 Å². The average molecular weight is 369 g/mol. The SMILES string of the molecule is Cn1nccc1C1=CC2CCC(C1)N2c1ncc(C(F)(F)F)cc1Cl. The second kappa shape index (κ2) is 5.76. The van der Waals surface area contributed by atoms with E-state index in [-0.39, 0.29) is 17.1 Å². The zero-order chi connectivity index (χ0) is 17.8. The maximum absolute atomic E-state index is 12.8. The van der Waals surface area contributed by atoms with Crippen LogP contribution in [0, 0.1) is 0 Å². The first-order valence-electron chi connectivity index (χ1n) is 8.05. The van der Waals surface area contributed by atoms with E-state index < -0.39 is 11.7 Å². The molecule has 0 amide bonds. The number of hydrogen-bond donors (Lipinski definition) is 0. The van der Waals surface area contributed by atoms with Gasteiger partial charge in [0.2, 0.25) is 0 Å². The predicted molar refractivity (Wildman–Crippen MR) is 89.3 cm³/mol. The summed E-state index contributed by atoms with van der Waals surface area (Å²) in [5.41, 5.74) is 1.46. The van der Waals surface area contributed by atoms with Gasteiger partial charge in [0.25, 0.3) is 0 Å². The Morgan fingerprint density at radius 1 is 1.28 bits per heavy atom. The number of aromatic nitrogens is 3. The minimum Gasteiger partial charge on any atom is -0.346 e. The summed E-state index contributed by atoms with van der Waals surface area (Å²) >= 11 is 6.15. The molecule has 0 radical (unpaired) electrons. The highest BCUT2D eigenvalue weighted by molar-refractivity contribution is 6.33. The number of anilines is 1. The van der Waals surface area contributed by atoms with E-state index >= 15 is 0 Å². The Labute approximate surface area is 147 Å². The van der Waals surface area contributed by atoms with Gasteiger partial charge in [0, 0.05) is 31.5 Å². The molecule has 2 unspecified atom stereocenters. The molecule has 8 heteroatoms. The van der Waals surface area contributed by atoms with Gasteiger partial charge in [0.05, 0.1) is 16.3 Å². The van der Waals surface area contributed by atoms with Gasteiger partial charge in [-0.05, 0) is 37.0 Å². The van der Waals surface area contributed by atoms with Crippen molar-refractivity contribution in [1.29, 1.82) is 0 Å². The van der Waals surface area contributed by atoms with E-state index in [0.29, 0.717) is 5.82 Å². The molecule has 25 heavy (non-hydrogen) atoms. The van der Waals surface area contributed by atoms with Gasteiger partial charge in [0.15, 0.2) is 0 Å². The number of halogens is 4. The van der Waals surface area contributed by atoms with Crippen LogP contribution in [0.15, 0.2) is 30.6 Å². The van der Waals surface area contributed by atoms with E-state index in [2.05, 4.69) is 21.1 Å². The Balaban J connectivity index is 1.67. The molecule has 2 aliphatic heterocycles. The maximum Gasteiger partial charge on any atom is 0.417 e. The highest BCUT2D eigenvalue weighted by atomic mass is 35.5. The van der Waals surface area contributed by atoms with Crippen LogP contribution in [0.3, 0.4) is 0 Å². The Morgan fingerprint density at radius 3 is 2.68 bits per heavy atom. The van der Waals surface area contributed by atoms with E-state index in [1.54, 1.807) is 6.20 Å². The summed E-state index contributed by atoms with van der Waals surface area (Å²) in [7, 11) is 1.90. The fraction of sp³-hybridized carbons (Fsp3) is 0.412. The van der Waals surface area contributed by atoms with Crippen LogP contribution in [0.1, 0.15) is 30.5 Å². The number of pyridine rings is 1. The molecule has 0 N–H and O–H groups in total. The normalized spacial score (nSPS) is 23.1. The van der Waals surface area contributed by atoms with Crippen molar-refractivity contribution < 1.29 is 13.2 Å². The monoisotopic (exact) mass is 368 g/mol. The maximum atomic E-state index is 12.8. The first kappa shape index (κ1) is 16.4. The molecule has 132 valence electrons. The molecule has 4 nitrogen and oxygen atoms in total. The minimum atomic E-state index is -4.44. The molecular weight excluding hydrogens is 353 g/mol. The summed E-state index contributed by atoms with van der Waals surface area (Å²) in [5.74, 6) is 0.433. The van der Waals surface area contributed by atoms with E-state index in [1.165, 1.54) is 5.57 Å². The fourth-order valence-electron chi connectivity index (χ4n) is 3.81. The molecule has 0 aliphatic carbocycles. The molecule has 4 heterocycles. The van der Waals surface area contributed by atoms with Crippen LogP contribution in [-0.4, -0.2) is 26.8 Å². The summed E-state index contributed by atoms with van der Waals surface area (Å²) < 4.78 is 40.3. The topological polar surface area (TPSA) is 34.0 Å². The molecule has 2 aliphatic rings. The Kier molecular flexibility index (Phi) is 3.79. The zero-order valence-corrected chi connectivity index (χ0v) is 14.2. The van der Waals surface area contributed by atoms with Crippen molar-refractivity contribution in [3.05, 3.63) is 46.9 Å². The number of nitrogens with zero attached hydrogens (tertiary/aromatic N) is 4. The summed E-state index contributed by atoms with van der Waals surface area (Å²) in [6.45, 7) is 0. The van der Waals surface area contributed by atoms with Crippen molar-refractivity contribution in [2.45, 2.75) is 37.5 Å². The third-order valence-corrected chi connectivity index (χ3v) is 5.22. The van der Waals surface area contributed by atoms with E-state index in [9.17, 15) is 13.2 Å². The quantitative estimate of drug-likeness (QED) is 0.792. The molecular formula is C17H16ClF3N4. The second-order valence-electron chi connectivity index (χ2n) is 6.47. The lowest BCUT2D eigenvalue weighted by atomic mass is 9.98. The Hall–Kier alpha value is -2.02. The summed E-state index contributed by atoms with van der Waals surface area (Å²) in [4.78, 5) is 6.10. The Bertz CT molecular complexity index is 843. The molecule has 1 fully saturated rings. The molecule has 1 saturated heterocycles. The second-order valence-corrected chi connectivity index (χ2v) is 6.88. The van der Waals surface area contributed by atoms with Crippen LogP contribution >= 0.6 is 11.6 Å². The van der Waals surface area contributed by atoms with Crippen molar-refractivity contribution in [2.24, 2.45) is 7.05 Å². The number of rotatable bonds is 2. The molecule has 0 spiro atoms. The van der Waals surface area contributed by atoms with Gasteiger partial charge in [-0.25, -0.2) is 4.98 Å². The molecule has 2 atom stereocenters. The minimum absolute atomic E-state index is 0.0455. The van der Waals surface area contributed by atoms with Crippen LogP contribution < -0.4 is 4.90 Å². The van der Waals surface area contributed by atoms with Crippen molar-refractivity contribution in [3.63, 3.8) is 0 Å².